The van der Waals surface area contributed by atoms with Gasteiger partial charge < -0.3 is 19.4 Å². The lowest BCUT2D eigenvalue weighted by Crippen LogP contribution is -2.32. The molecule has 0 fully saturated rings. The second-order valence-electron chi connectivity index (χ2n) is 5.42. The summed E-state index contributed by atoms with van der Waals surface area (Å²) in [6.45, 7) is 1.16. The second-order valence-corrected chi connectivity index (χ2v) is 5.42. The van der Waals surface area contributed by atoms with Gasteiger partial charge in [-0.25, -0.2) is 0 Å². The van der Waals surface area contributed by atoms with Crippen molar-refractivity contribution >= 4 is 11.6 Å². The third kappa shape index (κ3) is 4.16. The highest BCUT2D eigenvalue weighted by atomic mass is 19.4. The lowest BCUT2D eigenvalue weighted by molar-refractivity contribution is -0.139. The first-order valence-corrected chi connectivity index (χ1v) is 7.46. The third-order valence-electron chi connectivity index (χ3n) is 3.64. The van der Waals surface area contributed by atoms with E-state index in [1.807, 2.05) is 0 Å². The zero-order valence-electron chi connectivity index (χ0n) is 14.3. The van der Waals surface area contributed by atoms with Crippen molar-refractivity contribution in [1.29, 1.82) is 0 Å². The van der Waals surface area contributed by atoms with Gasteiger partial charge in [0.25, 0.3) is 5.56 Å². The summed E-state index contributed by atoms with van der Waals surface area (Å²) in [5.74, 6) is 0.198. The van der Waals surface area contributed by atoms with Crippen LogP contribution >= 0.6 is 0 Å². The van der Waals surface area contributed by atoms with E-state index < -0.39 is 29.8 Å². The molecule has 0 aliphatic heterocycles. The number of carbonyl (C=O) groups is 1. The largest absolute Gasteiger partial charge is 0.493 e. The average Bonchev–Trinajstić information content (AvgIpc) is 2.57. The molecule has 0 aliphatic carbocycles. The van der Waals surface area contributed by atoms with Gasteiger partial charge in [-0.05, 0) is 30.7 Å². The van der Waals surface area contributed by atoms with Gasteiger partial charge in [0.2, 0.25) is 5.91 Å². The molecular formula is C17H17F3N2O4. The molecule has 0 saturated heterocycles. The molecule has 6 nitrogen and oxygen atoms in total. The first-order chi connectivity index (χ1) is 12.2. The summed E-state index contributed by atoms with van der Waals surface area (Å²) in [7, 11) is 2.90. The normalized spacial score (nSPS) is 11.2. The summed E-state index contributed by atoms with van der Waals surface area (Å²) in [5, 5.41) is 2.55. The topological polar surface area (TPSA) is 69.6 Å². The van der Waals surface area contributed by atoms with Crippen LogP contribution in [0.4, 0.5) is 18.9 Å². The van der Waals surface area contributed by atoms with Crippen molar-refractivity contribution in [2.75, 3.05) is 19.5 Å². The molecule has 0 radical (unpaired) electrons. The Balaban J connectivity index is 2.24. The fourth-order valence-corrected chi connectivity index (χ4v) is 2.34. The van der Waals surface area contributed by atoms with Gasteiger partial charge in [-0.15, -0.1) is 0 Å². The van der Waals surface area contributed by atoms with Crippen LogP contribution in [0.2, 0.25) is 0 Å². The summed E-state index contributed by atoms with van der Waals surface area (Å²) in [5.41, 5.74) is -1.55. The number of aromatic nitrogens is 1. The predicted octanol–water partition coefficient (Wildman–Crippen LogP) is 2.83. The van der Waals surface area contributed by atoms with Crippen LogP contribution in [0.15, 0.2) is 35.3 Å². The molecule has 0 unspecified atom stereocenters. The van der Waals surface area contributed by atoms with Gasteiger partial charge in [0.05, 0.1) is 14.2 Å². The van der Waals surface area contributed by atoms with Gasteiger partial charge >= 0.3 is 6.18 Å². The summed E-state index contributed by atoms with van der Waals surface area (Å²) >= 11 is 0. The number of alkyl halides is 3. The van der Waals surface area contributed by atoms with Crippen LogP contribution < -0.4 is 20.3 Å². The molecule has 0 spiro atoms. The zero-order valence-corrected chi connectivity index (χ0v) is 14.3. The Hall–Kier alpha value is -2.97. The van der Waals surface area contributed by atoms with E-state index in [1.165, 1.54) is 20.3 Å². The van der Waals surface area contributed by atoms with Crippen LogP contribution in [0.5, 0.6) is 11.5 Å². The van der Waals surface area contributed by atoms with Crippen LogP contribution in [0.25, 0.3) is 0 Å². The summed E-state index contributed by atoms with van der Waals surface area (Å²) in [6.07, 6.45) is -3.66. The maximum Gasteiger partial charge on any atom is 0.421 e. The molecule has 1 aromatic heterocycles. The molecule has 1 heterocycles. The second kappa shape index (κ2) is 7.51. The number of rotatable bonds is 5. The number of halogens is 3. The van der Waals surface area contributed by atoms with Crippen LogP contribution in [0.3, 0.4) is 0 Å². The number of pyridine rings is 1. The smallest absolute Gasteiger partial charge is 0.421 e. The fraction of sp³-hybridized carbons (Fsp3) is 0.294. The maximum atomic E-state index is 12.8. The van der Waals surface area contributed by atoms with Gasteiger partial charge in [0.15, 0.2) is 11.5 Å². The van der Waals surface area contributed by atoms with Crippen molar-refractivity contribution in [2.45, 2.75) is 19.6 Å². The maximum absolute atomic E-state index is 12.8. The Labute approximate surface area is 147 Å². The number of aryl methyl sites for hydroxylation is 1. The first-order valence-electron chi connectivity index (χ1n) is 7.46. The minimum absolute atomic E-state index is 0.379. The molecule has 1 amide bonds. The first kappa shape index (κ1) is 19.4. The van der Waals surface area contributed by atoms with E-state index >= 15 is 0 Å². The van der Waals surface area contributed by atoms with E-state index in [4.69, 9.17) is 9.47 Å². The van der Waals surface area contributed by atoms with E-state index in [0.717, 1.165) is 12.3 Å². The molecule has 26 heavy (non-hydrogen) atoms. The zero-order chi connectivity index (χ0) is 19.5. The van der Waals surface area contributed by atoms with E-state index in [9.17, 15) is 22.8 Å². The Morgan fingerprint density at radius 2 is 1.81 bits per heavy atom. The Morgan fingerprint density at radius 1 is 1.19 bits per heavy atom. The Kier molecular flexibility index (Phi) is 5.59. The average molecular weight is 370 g/mol. The number of methoxy groups -OCH3 is 2. The summed E-state index contributed by atoms with van der Waals surface area (Å²) in [6, 6.07) is 4.92. The summed E-state index contributed by atoms with van der Waals surface area (Å²) in [4.78, 5) is 24.1. The molecule has 9 heteroatoms. The third-order valence-corrected chi connectivity index (χ3v) is 3.64. The lowest BCUT2D eigenvalue weighted by Gasteiger charge is -2.14. The van der Waals surface area contributed by atoms with Crippen molar-refractivity contribution in [3.63, 3.8) is 0 Å². The van der Waals surface area contributed by atoms with Gasteiger partial charge in [-0.3, -0.25) is 9.59 Å². The molecule has 1 N–H and O–H groups in total. The number of carbonyl (C=O) groups excluding carboxylic acids is 1. The lowest BCUT2D eigenvalue weighted by atomic mass is 10.1. The quantitative estimate of drug-likeness (QED) is 0.879. The van der Waals surface area contributed by atoms with Crippen LogP contribution in [0.1, 0.15) is 11.1 Å². The molecule has 0 saturated carbocycles. The van der Waals surface area contributed by atoms with Gasteiger partial charge in [-0.2, -0.15) is 13.2 Å². The fourth-order valence-electron chi connectivity index (χ4n) is 2.34. The van der Waals surface area contributed by atoms with Crippen molar-refractivity contribution < 1.29 is 27.4 Å². The van der Waals surface area contributed by atoms with E-state index in [0.29, 0.717) is 33.4 Å². The van der Waals surface area contributed by atoms with Gasteiger partial charge in [-0.1, -0.05) is 0 Å². The van der Waals surface area contributed by atoms with Crippen molar-refractivity contribution in [2.24, 2.45) is 0 Å². The number of hydrogen-bond acceptors (Lipinski definition) is 4. The molecule has 0 atom stereocenters. The minimum atomic E-state index is -4.78. The molecule has 0 bridgehead atoms. The van der Waals surface area contributed by atoms with Crippen molar-refractivity contribution in [3.05, 3.63) is 51.9 Å². The molecule has 2 rings (SSSR count). The number of hydrogen-bond donors (Lipinski definition) is 1. The Bertz CT molecular complexity index is 875. The predicted molar refractivity (Wildman–Crippen MR) is 88.6 cm³/mol. The van der Waals surface area contributed by atoms with E-state index in [2.05, 4.69) is 5.32 Å². The Morgan fingerprint density at radius 3 is 2.38 bits per heavy atom. The van der Waals surface area contributed by atoms with Crippen molar-refractivity contribution in [1.82, 2.24) is 4.57 Å². The number of nitrogens with one attached hydrogen (secondary N) is 1. The molecular weight excluding hydrogens is 353 g/mol. The highest BCUT2D eigenvalue weighted by Crippen LogP contribution is 2.32. The highest BCUT2D eigenvalue weighted by molar-refractivity contribution is 5.91. The number of benzene rings is 1. The van der Waals surface area contributed by atoms with Crippen LogP contribution in [-0.4, -0.2) is 24.7 Å². The van der Waals surface area contributed by atoms with E-state index in [1.54, 1.807) is 13.0 Å². The minimum Gasteiger partial charge on any atom is -0.493 e. The van der Waals surface area contributed by atoms with E-state index in [-0.39, 0.29) is 0 Å². The van der Waals surface area contributed by atoms with Crippen LogP contribution in [0, 0.1) is 6.92 Å². The molecule has 140 valence electrons. The SMILES string of the molecule is COc1cc(C)c(NC(=O)Cn2cccc(C(F)(F)F)c2=O)cc1OC. The summed E-state index contributed by atoms with van der Waals surface area (Å²) < 4.78 is 49.3. The standard InChI is InChI=1S/C17H17F3N2O4/c1-10-7-13(25-2)14(26-3)8-12(10)21-15(23)9-22-6-4-5-11(16(22)24)17(18,19)20/h4-8H,9H2,1-3H3,(H,21,23). The highest BCUT2D eigenvalue weighted by Gasteiger charge is 2.34. The number of amides is 1. The number of nitrogens with zero attached hydrogens (tertiary/aromatic N) is 1. The van der Waals surface area contributed by atoms with Gasteiger partial charge in [0, 0.05) is 18.0 Å². The molecule has 0 aliphatic rings. The number of anilines is 1. The van der Waals surface area contributed by atoms with Crippen LogP contribution in [-0.2, 0) is 17.5 Å². The molecule has 1 aromatic carbocycles. The van der Waals surface area contributed by atoms with Crippen molar-refractivity contribution in [3.8, 4) is 11.5 Å². The number of ether oxygens (including phenoxy) is 2. The molecule has 2 aromatic rings. The van der Waals surface area contributed by atoms with Gasteiger partial charge in [0.1, 0.15) is 12.1 Å². The monoisotopic (exact) mass is 370 g/mol.